The monoisotopic (exact) mass is 270 g/mol. The molecular weight excluding hydrogens is 252 g/mol. The molecule has 1 atom stereocenters. The van der Waals surface area contributed by atoms with E-state index in [0.717, 1.165) is 12.0 Å². The fraction of sp³-hybridized carbons (Fsp3) is 0.385. The van der Waals surface area contributed by atoms with Crippen molar-refractivity contribution >= 4 is 10.1 Å². The molecule has 1 rings (SSSR count). The summed E-state index contributed by atoms with van der Waals surface area (Å²) in [5.41, 5.74) is 0.956. The van der Waals surface area contributed by atoms with E-state index in [-0.39, 0.29) is 4.90 Å². The molecule has 0 saturated carbocycles. The SMILES string of the molecule is CCC(C)C#CO.Cc1ccc(S(=O)(=O)O)cc1. The van der Waals surface area contributed by atoms with Crippen LogP contribution >= 0.6 is 0 Å². The minimum absolute atomic E-state index is 0.0666. The Kier molecular flexibility index (Phi) is 7.10. The summed E-state index contributed by atoms with van der Waals surface area (Å²) >= 11 is 0. The molecule has 0 aliphatic heterocycles. The van der Waals surface area contributed by atoms with Crippen molar-refractivity contribution in [2.75, 3.05) is 0 Å². The first-order valence-corrected chi connectivity index (χ1v) is 6.94. The maximum absolute atomic E-state index is 10.5. The summed E-state index contributed by atoms with van der Waals surface area (Å²) in [6.07, 6.45) is 2.88. The van der Waals surface area contributed by atoms with Crippen molar-refractivity contribution in [3.8, 4) is 12.0 Å². The molecule has 4 nitrogen and oxygen atoms in total. The second-order valence-electron chi connectivity index (χ2n) is 3.85. The Morgan fingerprint density at radius 3 is 2.06 bits per heavy atom. The minimum atomic E-state index is -4.02. The molecule has 0 fully saturated rings. The van der Waals surface area contributed by atoms with Gasteiger partial charge in [-0.25, -0.2) is 0 Å². The quantitative estimate of drug-likeness (QED) is 0.640. The van der Waals surface area contributed by atoms with Crippen LogP contribution in [0.4, 0.5) is 0 Å². The number of aryl methyl sites for hydroxylation is 1. The van der Waals surface area contributed by atoms with Crippen molar-refractivity contribution in [2.24, 2.45) is 5.92 Å². The normalized spacial score (nSPS) is 11.6. The van der Waals surface area contributed by atoms with Gasteiger partial charge in [0.05, 0.1) is 4.90 Å². The molecule has 18 heavy (non-hydrogen) atoms. The summed E-state index contributed by atoms with van der Waals surface area (Å²) in [6, 6.07) is 5.99. The lowest BCUT2D eigenvalue weighted by atomic mass is 10.1. The molecule has 0 aromatic heterocycles. The zero-order valence-corrected chi connectivity index (χ0v) is 11.5. The lowest BCUT2D eigenvalue weighted by Crippen LogP contribution is -1.96. The van der Waals surface area contributed by atoms with Crippen LogP contribution in [-0.4, -0.2) is 18.1 Å². The first kappa shape index (κ1) is 16.5. The number of aliphatic hydroxyl groups is 1. The third-order valence-electron chi connectivity index (χ3n) is 2.24. The predicted molar refractivity (Wildman–Crippen MR) is 70.2 cm³/mol. The highest BCUT2D eigenvalue weighted by Crippen LogP contribution is 2.08. The summed E-state index contributed by atoms with van der Waals surface area (Å²) in [7, 11) is -4.02. The fourth-order valence-corrected chi connectivity index (χ4v) is 1.40. The van der Waals surface area contributed by atoms with Gasteiger partial charge in [0.25, 0.3) is 10.1 Å². The molecule has 100 valence electrons. The van der Waals surface area contributed by atoms with Crippen molar-refractivity contribution in [3.05, 3.63) is 29.8 Å². The van der Waals surface area contributed by atoms with Crippen LogP contribution in [0.25, 0.3) is 0 Å². The number of hydrogen-bond donors (Lipinski definition) is 2. The van der Waals surface area contributed by atoms with Crippen molar-refractivity contribution in [1.82, 2.24) is 0 Å². The van der Waals surface area contributed by atoms with Gasteiger partial charge in [-0.1, -0.05) is 37.5 Å². The molecule has 0 bridgehead atoms. The molecule has 1 unspecified atom stereocenters. The van der Waals surface area contributed by atoms with Crippen LogP contribution in [-0.2, 0) is 10.1 Å². The summed E-state index contributed by atoms with van der Waals surface area (Å²) < 4.78 is 29.6. The smallest absolute Gasteiger partial charge is 0.294 e. The van der Waals surface area contributed by atoms with E-state index in [4.69, 9.17) is 9.66 Å². The van der Waals surface area contributed by atoms with Gasteiger partial charge in [0.1, 0.15) is 6.11 Å². The second kappa shape index (κ2) is 7.75. The van der Waals surface area contributed by atoms with Crippen LogP contribution in [0, 0.1) is 24.9 Å². The van der Waals surface area contributed by atoms with Gasteiger partial charge < -0.3 is 5.11 Å². The molecule has 0 aliphatic rings. The molecule has 1 aromatic rings. The van der Waals surface area contributed by atoms with E-state index in [9.17, 15) is 8.42 Å². The van der Waals surface area contributed by atoms with Crippen LogP contribution < -0.4 is 0 Å². The highest BCUT2D eigenvalue weighted by atomic mass is 32.2. The fourth-order valence-electron chi connectivity index (χ4n) is 0.922. The van der Waals surface area contributed by atoms with Crippen LogP contribution in [0.1, 0.15) is 25.8 Å². The highest BCUT2D eigenvalue weighted by Gasteiger charge is 2.06. The molecule has 2 N–H and O–H groups in total. The van der Waals surface area contributed by atoms with Crippen LogP contribution in [0.3, 0.4) is 0 Å². The Bertz CT molecular complexity index is 506. The maximum Gasteiger partial charge on any atom is 0.294 e. The number of benzene rings is 1. The van der Waals surface area contributed by atoms with Crippen molar-refractivity contribution in [3.63, 3.8) is 0 Å². The first-order chi connectivity index (χ1) is 8.31. The highest BCUT2D eigenvalue weighted by molar-refractivity contribution is 7.85. The Labute approximate surface area is 108 Å². The van der Waals surface area contributed by atoms with Crippen LogP contribution in [0.15, 0.2) is 29.2 Å². The van der Waals surface area contributed by atoms with Crippen molar-refractivity contribution in [2.45, 2.75) is 32.1 Å². The maximum atomic E-state index is 10.5. The zero-order valence-electron chi connectivity index (χ0n) is 10.7. The molecule has 0 aliphatic carbocycles. The van der Waals surface area contributed by atoms with E-state index in [2.05, 4.69) is 5.92 Å². The van der Waals surface area contributed by atoms with Gasteiger partial charge in [0, 0.05) is 5.92 Å². The Hall–Kier alpha value is -1.51. The Morgan fingerprint density at radius 2 is 1.78 bits per heavy atom. The van der Waals surface area contributed by atoms with Crippen LogP contribution in [0.2, 0.25) is 0 Å². The van der Waals surface area contributed by atoms with Gasteiger partial charge in [-0.3, -0.25) is 4.55 Å². The lowest BCUT2D eigenvalue weighted by Gasteiger charge is -1.95. The summed E-state index contributed by atoms with van der Waals surface area (Å²) in [5.74, 6) is 2.94. The van der Waals surface area contributed by atoms with E-state index >= 15 is 0 Å². The topological polar surface area (TPSA) is 74.6 Å². The summed E-state index contributed by atoms with van der Waals surface area (Å²) in [4.78, 5) is -0.0666. The van der Waals surface area contributed by atoms with Gasteiger partial charge in [0.15, 0.2) is 0 Å². The number of aliphatic hydroxyl groups excluding tert-OH is 1. The van der Waals surface area contributed by atoms with E-state index in [1.165, 1.54) is 12.1 Å². The molecule has 0 radical (unpaired) electrons. The minimum Gasteiger partial charge on any atom is -0.462 e. The zero-order chi connectivity index (χ0) is 14.2. The Balaban J connectivity index is 0.000000360. The molecular formula is C13H18O4S. The summed E-state index contributed by atoms with van der Waals surface area (Å²) in [5, 5.41) is 8.01. The number of rotatable bonds is 2. The molecule has 5 heteroatoms. The lowest BCUT2D eigenvalue weighted by molar-refractivity contribution is 0.483. The van der Waals surface area contributed by atoms with E-state index in [1.807, 2.05) is 26.9 Å². The molecule has 0 saturated heterocycles. The van der Waals surface area contributed by atoms with Gasteiger partial charge in [0.2, 0.25) is 0 Å². The predicted octanol–water partition coefficient (Wildman–Crippen LogP) is 2.61. The average Bonchev–Trinajstić information content (AvgIpc) is 2.29. The van der Waals surface area contributed by atoms with Gasteiger partial charge in [-0.15, -0.1) is 0 Å². The van der Waals surface area contributed by atoms with Gasteiger partial charge >= 0.3 is 0 Å². The average molecular weight is 270 g/mol. The van der Waals surface area contributed by atoms with Gasteiger partial charge in [-0.05, 0) is 25.5 Å². The standard InChI is InChI=1S/C7H8O3S.C6H10O/c1-6-2-4-7(5-3-6)11(8,9)10;1-3-6(2)4-5-7/h2-5H,1H3,(H,8,9,10);6-7H,3H2,1-2H3. The van der Waals surface area contributed by atoms with Crippen molar-refractivity contribution < 1.29 is 18.1 Å². The molecule has 1 aromatic carbocycles. The largest absolute Gasteiger partial charge is 0.462 e. The van der Waals surface area contributed by atoms with Crippen molar-refractivity contribution in [1.29, 1.82) is 0 Å². The molecule has 0 spiro atoms. The molecule has 0 heterocycles. The van der Waals surface area contributed by atoms with E-state index in [1.54, 1.807) is 12.1 Å². The van der Waals surface area contributed by atoms with E-state index in [0.29, 0.717) is 5.92 Å². The van der Waals surface area contributed by atoms with Crippen LogP contribution in [0.5, 0.6) is 0 Å². The Morgan fingerprint density at radius 1 is 1.28 bits per heavy atom. The third-order valence-corrected chi connectivity index (χ3v) is 3.11. The second-order valence-corrected chi connectivity index (χ2v) is 5.28. The first-order valence-electron chi connectivity index (χ1n) is 5.50. The molecule has 0 amide bonds. The van der Waals surface area contributed by atoms with E-state index < -0.39 is 10.1 Å². The third kappa shape index (κ3) is 6.94. The number of hydrogen-bond acceptors (Lipinski definition) is 3. The summed E-state index contributed by atoms with van der Waals surface area (Å²) in [6.45, 7) is 5.85. The van der Waals surface area contributed by atoms with Gasteiger partial charge in [-0.2, -0.15) is 8.42 Å².